The van der Waals surface area contributed by atoms with Gasteiger partial charge in [-0.05, 0) is 30.3 Å². The van der Waals surface area contributed by atoms with E-state index in [1.165, 1.54) is 22.7 Å². The van der Waals surface area contributed by atoms with Crippen LogP contribution in [0, 0.1) is 5.82 Å². The molecular formula is C16H13FN4O4S. The molecule has 8 nitrogen and oxygen atoms in total. The molecule has 2 amide bonds. The van der Waals surface area contributed by atoms with E-state index in [4.69, 9.17) is 5.73 Å². The van der Waals surface area contributed by atoms with Crippen LogP contribution in [0.5, 0.6) is 0 Å². The summed E-state index contributed by atoms with van der Waals surface area (Å²) < 4.78 is 38.6. The fraction of sp³-hybridized carbons (Fsp3) is 0.0625. The number of carbonyl (C=O) groups is 2. The summed E-state index contributed by atoms with van der Waals surface area (Å²) >= 11 is 0. The average molecular weight is 376 g/mol. The zero-order chi connectivity index (χ0) is 19.1. The second kappa shape index (κ2) is 6.23. The van der Waals surface area contributed by atoms with Crippen molar-refractivity contribution >= 4 is 32.9 Å². The summed E-state index contributed by atoms with van der Waals surface area (Å²) in [5.74, 6) is -2.52. The number of carbonyl (C=O) groups excluding carboxylic acids is 2. The number of imidazole rings is 1. The van der Waals surface area contributed by atoms with Crippen molar-refractivity contribution in [1.82, 2.24) is 9.38 Å². The molecule has 3 aromatic rings. The molecule has 0 atom stereocenters. The van der Waals surface area contributed by atoms with E-state index in [0.717, 1.165) is 18.4 Å². The smallest absolute Gasteiger partial charge is 0.276 e. The molecule has 0 saturated carbocycles. The molecule has 10 heteroatoms. The van der Waals surface area contributed by atoms with Crippen molar-refractivity contribution in [2.75, 3.05) is 11.6 Å². The monoisotopic (exact) mass is 376 g/mol. The number of hydrogen-bond donors (Lipinski definition) is 2. The third-order valence-electron chi connectivity index (χ3n) is 3.55. The van der Waals surface area contributed by atoms with Gasteiger partial charge >= 0.3 is 0 Å². The maximum atomic E-state index is 13.5. The number of nitrogens with one attached hydrogen (secondary N) is 1. The number of pyridine rings is 1. The van der Waals surface area contributed by atoms with E-state index in [0.29, 0.717) is 0 Å². The van der Waals surface area contributed by atoms with Crippen molar-refractivity contribution in [2.24, 2.45) is 5.73 Å². The van der Waals surface area contributed by atoms with Crippen molar-refractivity contribution in [3.63, 3.8) is 0 Å². The Morgan fingerprint density at radius 1 is 1.23 bits per heavy atom. The fourth-order valence-corrected chi connectivity index (χ4v) is 3.19. The lowest BCUT2D eigenvalue weighted by atomic mass is 10.1. The minimum Gasteiger partial charge on any atom is -0.366 e. The van der Waals surface area contributed by atoms with Gasteiger partial charge in [-0.2, -0.15) is 0 Å². The number of sulfone groups is 1. The first-order valence-electron chi connectivity index (χ1n) is 7.26. The number of amides is 2. The van der Waals surface area contributed by atoms with Crippen molar-refractivity contribution in [3.05, 3.63) is 59.7 Å². The minimum absolute atomic E-state index is 0.114. The molecule has 0 bridgehead atoms. The lowest BCUT2D eigenvalue weighted by molar-refractivity contribution is 0.0992. The summed E-state index contributed by atoms with van der Waals surface area (Å²) in [5, 5.41) is 2.17. The van der Waals surface area contributed by atoms with Gasteiger partial charge in [-0.25, -0.2) is 17.8 Å². The SMILES string of the molecule is CS(=O)(=O)c1nc(C(=O)Nc2ccc(F)c(C(N)=O)c2)c2ccccn12. The van der Waals surface area contributed by atoms with Gasteiger partial charge in [-0.3, -0.25) is 14.0 Å². The van der Waals surface area contributed by atoms with Gasteiger partial charge in [0.05, 0.1) is 11.1 Å². The summed E-state index contributed by atoms with van der Waals surface area (Å²) in [4.78, 5) is 27.7. The van der Waals surface area contributed by atoms with Crippen LogP contribution in [0.2, 0.25) is 0 Å². The molecule has 0 aliphatic carbocycles. The second-order valence-corrected chi connectivity index (χ2v) is 7.39. The molecule has 0 fully saturated rings. The van der Waals surface area contributed by atoms with E-state index in [1.807, 2.05) is 0 Å². The van der Waals surface area contributed by atoms with Gasteiger partial charge in [0.25, 0.3) is 11.8 Å². The number of halogens is 1. The number of anilines is 1. The molecule has 0 aliphatic rings. The predicted molar refractivity (Wildman–Crippen MR) is 91.2 cm³/mol. The highest BCUT2D eigenvalue weighted by molar-refractivity contribution is 7.90. The Bertz CT molecular complexity index is 1150. The zero-order valence-corrected chi connectivity index (χ0v) is 14.2. The molecule has 0 aliphatic heterocycles. The van der Waals surface area contributed by atoms with E-state index in [-0.39, 0.29) is 27.6 Å². The highest BCUT2D eigenvalue weighted by Gasteiger charge is 2.23. The fourth-order valence-electron chi connectivity index (χ4n) is 2.42. The van der Waals surface area contributed by atoms with Crippen LogP contribution in [0.1, 0.15) is 20.8 Å². The number of nitrogens with two attached hydrogens (primary N) is 1. The van der Waals surface area contributed by atoms with E-state index in [9.17, 15) is 22.4 Å². The normalized spacial score (nSPS) is 11.5. The van der Waals surface area contributed by atoms with Crippen molar-refractivity contribution in [1.29, 1.82) is 0 Å². The summed E-state index contributed by atoms with van der Waals surface area (Å²) in [6.45, 7) is 0. The molecule has 1 aromatic carbocycles. The minimum atomic E-state index is -3.68. The lowest BCUT2D eigenvalue weighted by Crippen LogP contribution is -2.16. The summed E-state index contributed by atoms with van der Waals surface area (Å²) in [7, 11) is -3.68. The van der Waals surface area contributed by atoms with E-state index in [2.05, 4.69) is 10.3 Å². The first kappa shape index (κ1) is 17.5. The first-order chi connectivity index (χ1) is 12.2. The van der Waals surface area contributed by atoms with E-state index < -0.39 is 27.5 Å². The molecule has 2 aromatic heterocycles. The highest BCUT2D eigenvalue weighted by Crippen LogP contribution is 2.20. The number of hydrogen-bond acceptors (Lipinski definition) is 5. The molecule has 0 saturated heterocycles. The number of fused-ring (bicyclic) bond motifs is 1. The molecule has 0 unspecified atom stereocenters. The Kier molecular flexibility index (Phi) is 4.20. The van der Waals surface area contributed by atoms with Gasteiger partial charge in [-0.1, -0.05) is 6.07 Å². The lowest BCUT2D eigenvalue weighted by Gasteiger charge is -2.06. The Balaban J connectivity index is 2.04. The largest absolute Gasteiger partial charge is 0.366 e. The second-order valence-electron chi connectivity index (χ2n) is 5.48. The zero-order valence-electron chi connectivity index (χ0n) is 13.4. The van der Waals surface area contributed by atoms with Crippen LogP contribution in [-0.2, 0) is 9.84 Å². The third-order valence-corrected chi connectivity index (χ3v) is 4.50. The summed E-state index contributed by atoms with van der Waals surface area (Å²) in [5.41, 5.74) is 4.96. The van der Waals surface area contributed by atoms with Gasteiger partial charge in [0, 0.05) is 18.1 Å². The molecular weight excluding hydrogens is 363 g/mol. The molecule has 3 N–H and O–H groups in total. The first-order valence-corrected chi connectivity index (χ1v) is 9.15. The molecule has 2 heterocycles. The molecule has 134 valence electrons. The van der Waals surface area contributed by atoms with Crippen LogP contribution in [0.3, 0.4) is 0 Å². The van der Waals surface area contributed by atoms with Crippen LogP contribution in [0.4, 0.5) is 10.1 Å². The average Bonchev–Trinajstić information content (AvgIpc) is 2.96. The molecule has 3 rings (SSSR count). The van der Waals surface area contributed by atoms with E-state index >= 15 is 0 Å². The van der Waals surface area contributed by atoms with Crippen molar-refractivity contribution in [3.8, 4) is 0 Å². The number of aromatic nitrogens is 2. The number of primary amides is 1. The number of nitrogens with zero attached hydrogens (tertiary/aromatic N) is 2. The molecule has 26 heavy (non-hydrogen) atoms. The Labute approximate surface area is 147 Å². The van der Waals surface area contributed by atoms with Gasteiger partial charge < -0.3 is 11.1 Å². The van der Waals surface area contributed by atoms with Crippen LogP contribution >= 0.6 is 0 Å². The highest BCUT2D eigenvalue weighted by atomic mass is 32.2. The maximum Gasteiger partial charge on any atom is 0.276 e. The standard InChI is InChI=1S/C16H13FN4O4S/c1-26(24,25)16-20-13(12-4-2-3-7-21(12)16)15(23)19-9-5-6-11(17)10(8-9)14(18)22/h2-8H,1H3,(H2,18,22)(H,19,23). The number of rotatable bonds is 4. The topological polar surface area (TPSA) is 124 Å². The predicted octanol–water partition coefficient (Wildman–Crippen LogP) is 1.23. The van der Waals surface area contributed by atoms with Gasteiger partial charge in [-0.15, -0.1) is 0 Å². The van der Waals surface area contributed by atoms with Crippen LogP contribution in [0.15, 0.2) is 47.8 Å². The van der Waals surface area contributed by atoms with Crippen molar-refractivity contribution in [2.45, 2.75) is 5.16 Å². The van der Waals surface area contributed by atoms with Crippen LogP contribution in [-0.4, -0.2) is 35.9 Å². The van der Waals surface area contributed by atoms with Gasteiger partial charge in [0.2, 0.25) is 15.0 Å². The van der Waals surface area contributed by atoms with Gasteiger partial charge in [0.1, 0.15) is 5.82 Å². The Morgan fingerprint density at radius 3 is 2.62 bits per heavy atom. The molecule has 0 spiro atoms. The molecule has 0 radical (unpaired) electrons. The number of benzene rings is 1. The van der Waals surface area contributed by atoms with Crippen LogP contribution in [0.25, 0.3) is 5.52 Å². The quantitative estimate of drug-likeness (QED) is 0.709. The third kappa shape index (κ3) is 3.14. The van der Waals surface area contributed by atoms with E-state index in [1.54, 1.807) is 12.1 Å². The van der Waals surface area contributed by atoms with Gasteiger partial charge in [0.15, 0.2) is 5.69 Å². The van der Waals surface area contributed by atoms with Crippen molar-refractivity contribution < 1.29 is 22.4 Å². The summed E-state index contributed by atoms with van der Waals surface area (Å²) in [6, 6.07) is 8.09. The Hall–Kier alpha value is -3.27. The summed E-state index contributed by atoms with van der Waals surface area (Å²) in [6.07, 6.45) is 2.45. The van der Waals surface area contributed by atoms with Crippen LogP contribution < -0.4 is 11.1 Å². The maximum absolute atomic E-state index is 13.5. The Morgan fingerprint density at radius 2 is 1.96 bits per heavy atom.